The van der Waals surface area contributed by atoms with E-state index in [9.17, 15) is 19.2 Å². The number of nitrogens with zero attached hydrogens (tertiary/aromatic N) is 2. The maximum absolute atomic E-state index is 12.8. The second kappa shape index (κ2) is 20.8. The van der Waals surface area contributed by atoms with Gasteiger partial charge >= 0.3 is 11.9 Å². The number of ether oxygens (including phenoxy) is 3. The average Bonchev–Trinajstić information content (AvgIpc) is 3.33. The molecule has 12 nitrogen and oxygen atoms in total. The third-order valence-electron chi connectivity index (χ3n) is 10.4. The van der Waals surface area contributed by atoms with Crippen LogP contribution in [0.5, 0.6) is 0 Å². The van der Waals surface area contributed by atoms with Gasteiger partial charge in [-0.3, -0.25) is 9.59 Å². The van der Waals surface area contributed by atoms with Gasteiger partial charge < -0.3 is 39.8 Å². The Morgan fingerprint density at radius 3 is 1.31 bits per heavy atom. The predicted molar refractivity (Wildman–Crippen MR) is 242 cm³/mol. The van der Waals surface area contributed by atoms with Crippen molar-refractivity contribution in [2.24, 2.45) is 0 Å². The molecule has 2 saturated heterocycles. The number of benzene rings is 6. The number of aromatic carboxylic acids is 1. The Bertz CT molecular complexity index is 2460. The van der Waals surface area contributed by atoms with Gasteiger partial charge in [0.15, 0.2) is 0 Å². The number of esters is 1. The molecule has 2 aliphatic heterocycles. The van der Waals surface area contributed by atoms with Gasteiger partial charge in [0.1, 0.15) is 0 Å². The highest BCUT2D eigenvalue weighted by atomic mass is 16.5. The van der Waals surface area contributed by atoms with Crippen LogP contribution in [0.1, 0.15) is 48.4 Å². The zero-order valence-electron chi connectivity index (χ0n) is 34.4. The highest BCUT2D eigenvalue weighted by molar-refractivity contribution is 6.06. The fourth-order valence-corrected chi connectivity index (χ4v) is 7.06. The van der Waals surface area contributed by atoms with E-state index >= 15 is 0 Å². The summed E-state index contributed by atoms with van der Waals surface area (Å²) in [6.45, 7) is 8.54. The van der Waals surface area contributed by atoms with Crippen molar-refractivity contribution in [1.82, 2.24) is 0 Å². The molecule has 2 aliphatic rings. The van der Waals surface area contributed by atoms with Gasteiger partial charge in [-0.2, -0.15) is 0 Å². The second-order valence-electron chi connectivity index (χ2n) is 14.5. The SMILES string of the molecule is CCOC(=O)c1ccc(-c2cccc(C(=O)Nc3ccc(N4CCOCC4)cc3)c2)cc1.O=C(O)c1ccc(-c2cccc(C(=O)Nc3ccc(N4CCOCC4)cc3)c2)cc1. The molecule has 316 valence electrons. The fraction of sp³-hybridized carbons (Fsp3) is 0.200. The number of carboxylic acids is 1. The predicted octanol–water partition coefficient (Wildman–Crippen LogP) is 8.76. The molecule has 3 N–H and O–H groups in total. The molecule has 0 unspecified atom stereocenters. The summed E-state index contributed by atoms with van der Waals surface area (Å²) in [4.78, 5) is 52.9. The summed E-state index contributed by atoms with van der Waals surface area (Å²) in [6.07, 6.45) is 0. The number of hydrogen-bond acceptors (Lipinski definition) is 9. The minimum atomic E-state index is -0.964. The van der Waals surface area contributed by atoms with E-state index in [2.05, 4.69) is 20.4 Å². The Kier molecular flexibility index (Phi) is 14.4. The Balaban J connectivity index is 0.000000187. The van der Waals surface area contributed by atoms with E-state index in [-0.39, 0.29) is 23.3 Å². The summed E-state index contributed by atoms with van der Waals surface area (Å²) in [5, 5.41) is 14.9. The smallest absolute Gasteiger partial charge is 0.338 e. The van der Waals surface area contributed by atoms with Crippen molar-refractivity contribution >= 4 is 46.5 Å². The third kappa shape index (κ3) is 11.3. The number of amides is 2. The van der Waals surface area contributed by atoms with E-state index in [1.165, 1.54) is 0 Å². The molecule has 62 heavy (non-hydrogen) atoms. The van der Waals surface area contributed by atoms with Crippen molar-refractivity contribution in [2.75, 3.05) is 79.6 Å². The van der Waals surface area contributed by atoms with Gasteiger partial charge in [0.2, 0.25) is 0 Å². The molecule has 0 bridgehead atoms. The first kappa shape index (κ1) is 42.8. The number of hydrogen-bond donors (Lipinski definition) is 3. The van der Waals surface area contributed by atoms with Crippen molar-refractivity contribution < 1.29 is 38.5 Å². The molecule has 6 aromatic rings. The van der Waals surface area contributed by atoms with Gasteiger partial charge in [-0.05, 0) is 126 Å². The molecule has 8 rings (SSSR count). The summed E-state index contributed by atoms with van der Waals surface area (Å²) < 4.78 is 15.8. The van der Waals surface area contributed by atoms with Crippen LogP contribution in [0.3, 0.4) is 0 Å². The van der Waals surface area contributed by atoms with Crippen LogP contribution >= 0.6 is 0 Å². The van der Waals surface area contributed by atoms with Crippen LogP contribution in [-0.2, 0) is 14.2 Å². The first-order chi connectivity index (χ1) is 30.2. The van der Waals surface area contributed by atoms with Gasteiger partial charge in [0.05, 0.1) is 44.2 Å². The Morgan fingerprint density at radius 2 is 0.919 bits per heavy atom. The van der Waals surface area contributed by atoms with Crippen LogP contribution < -0.4 is 20.4 Å². The largest absolute Gasteiger partial charge is 0.478 e. The van der Waals surface area contributed by atoms with Crippen LogP contribution in [-0.4, -0.2) is 88.1 Å². The molecule has 0 aliphatic carbocycles. The molecule has 2 fully saturated rings. The lowest BCUT2D eigenvalue weighted by molar-refractivity contribution is 0.0525. The van der Waals surface area contributed by atoms with Gasteiger partial charge in [0, 0.05) is 60.1 Å². The van der Waals surface area contributed by atoms with Crippen molar-refractivity contribution in [2.45, 2.75) is 6.92 Å². The maximum Gasteiger partial charge on any atom is 0.338 e. The van der Waals surface area contributed by atoms with Gasteiger partial charge in [-0.15, -0.1) is 0 Å². The van der Waals surface area contributed by atoms with Gasteiger partial charge in [0.25, 0.3) is 11.8 Å². The fourth-order valence-electron chi connectivity index (χ4n) is 7.06. The molecule has 12 heteroatoms. The first-order valence-electron chi connectivity index (χ1n) is 20.5. The lowest BCUT2D eigenvalue weighted by Gasteiger charge is -2.28. The number of carbonyl (C=O) groups excluding carboxylic acids is 3. The number of carbonyl (C=O) groups is 4. The minimum Gasteiger partial charge on any atom is -0.478 e. The van der Waals surface area contributed by atoms with Crippen molar-refractivity contribution in [3.05, 3.63) is 168 Å². The molecule has 0 atom stereocenters. The number of rotatable bonds is 11. The quantitative estimate of drug-likeness (QED) is 0.108. The molecule has 0 spiro atoms. The molecule has 0 saturated carbocycles. The van der Waals surface area contributed by atoms with Crippen molar-refractivity contribution in [3.63, 3.8) is 0 Å². The Labute approximate surface area is 360 Å². The number of morpholine rings is 2. The van der Waals surface area contributed by atoms with Crippen molar-refractivity contribution in [3.8, 4) is 22.3 Å². The normalized spacial score (nSPS) is 13.6. The third-order valence-corrected chi connectivity index (χ3v) is 10.4. The lowest BCUT2D eigenvalue weighted by atomic mass is 10.0. The standard InChI is InChI=1S/C26H26N2O4.C24H22N2O4/c1-2-32-26(30)20-8-6-19(7-9-20)21-4-3-5-22(18-21)25(29)27-23-10-12-24(13-11-23)28-14-16-31-17-15-28;27-23(25-21-8-10-22(11-9-21)26-12-14-30-15-13-26)20-3-1-2-19(16-20)17-4-6-18(7-5-17)24(28)29/h3-13,18H,2,14-17H2,1H3,(H,27,29);1-11,16H,12-15H2,(H,25,27)(H,28,29). The molecule has 0 radical (unpaired) electrons. The van der Waals surface area contributed by atoms with E-state index in [0.717, 1.165) is 97.6 Å². The topological polar surface area (TPSA) is 147 Å². The Hall–Kier alpha value is -7.28. The summed E-state index contributed by atoms with van der Waals surface area (Å²) in [5.74, 6) is -1.67. The van der Waals surface area contributed by atoms with Crippen LogP contribution in [0.15, 0.2) is 146 Å². The van der Waals surface area contributed by atoms with Crippen molar-refractivity contribution in [1.29, 1.82) is 0 Å². The number of nitrogens with one attached hydrogen (secondary N) is 2. The molecule has 2 amide bonds. The highest BCUT2D eigenvalue weighted by Crippen LogP contribution is 2.25. The Morgan fingerprint density at radius 1 is 0.516 bits per heavy atom. The zero-order valence-corrected chi connectivity index (χ0v) is 34.4. The van der Waals surface area contributed by atoms with E-state index in [0.29, 0.717) is 23.3 Å². The van der Waals surface area contributed by atoms with E-state index in [1.807, 2.05) is 91.0 Å². The zero-order chi connectivity index (χ0) is 43.3. The lowest BCUT2D eigenvalue weighted by Crippen LogP contribution is -2.36. The van der Waals surface area contributed by atoms with E-state index in [1.54, 1.807) is 61.5 Å². The summed E-state index contributed by atoms with van der Waals surface area (Å²) >= 11 is 0. The average molecular weight is 833 g/mol. The molecular formula is C50H48N4O8. The molecule has 0 aromatic heterocycles. The first-order valence-corrected chi connectivity index (χ1v) is 20.5. The maximum atomic E-state index is 12.8. The van der Waals surface area contributed by atoms with Crippen LogP contribution in [0.4, 0.5) is 22.7 Å². The van der Waals surface area contributed by atoms with Crippen LogP contribution in [0.2, 0.25) is 0 Å². The monoisotopic (exact) mass is 832 g/mol. The molecule has 6 aromatic carbocycles. The summed E-state index contributed by atoms with van der Waals surface area (Å²) in [5.41, 5.74) is 9.07. The second-order valence-corrected chi connectivity index (χ2v) is 14.5. The highest BCUT2D eigenvalue weighted by Gasteiger charge is 2.15. The minimum absolute atomic E-state index is 0.172. The van der Waals surface area contributed by atoms with Gasteiger partial charge in [-0.1, -0.05) is 48.5 Å². The van der Waals surface area contributed by atoms with Gasteiger partial charge in [-0.25, -0.2) is 9.59 Å². The molecule has 2 heterocycles. The molecular weight excluding hydrogens is 785 g/mol. The summed E-state index contributed by atoms with van der Waals surface area (Å²) in [7, 11) is 0. The number of carboxylic acid groups (broad SMARTS) is 1. The van der Waals surface area contributed by atoms with E-state index in [4.69, 9.17) is 19.3 Å². The summed E-state index contributed by atoms with van der Waals surface area (Å²) in [6, 6.07) is 44.1. The van der Waals surface area contributed by atoms with E-state index < -0.39 is 5.97 Å². The van der Waals surface area contributed by atoms with Crippen LogP contribution in [0, 0.1) is 0 Å². The van der Waals surface area contributed by atoms with Crippen LogP contribution in [0.25, 0.3) is 22.3 Å². The number of anilines is 4.